The van der Waals surface area contributed by atoms with Gasteiger partial charge in [-0.25, -0.2) is 0 Å². The number of ether oxygens (including phenoxy) is 1. The number of methoxy groups -OCH3 is 1. The van der Waals surface area contributed by atoms with Crippen molar-refractivity contribution in [2.75, 3.05) is 7.11 Å². The zero-order chi connectivity index (χ0) is 20.1. The second-order valence-electron chi connectivity index (χ2n) is 6.35. The topological polar surface area (TPSA) is 78.9 Å². The van der Waals surface area contributed by atoms with Gasteiger partial charge in [0.15, 0.2) is 16.8 Å². The highest BCUT2D eigenvalue weighted by atomic mass is 32.2. The molecule has 0 bridgehead atoms. The van der Waals surface area contributed by atoms with Crippen molar-refractivity contribution in [2.45, 2.75) is 30.7 Å². The summed E-state index contributed by atoms with van der Waals surface area (Å²) in [6.45, 7) is 2.09. The first-order chi connectivity index (χ1) is 14.3. The molecule has 4 rings (SSSR count). The molecule has 0 saturated heterocycles. The van der Waals surface area contributed by atoms with E-state index in [9.17, 15) is 0 Å². The summed E-state index contributed by atoms with van der Waals surface area (Å²) in [6.07, 6.45) is 1.80. The maximum absolute atomic E-state index is 5.35. The van der Waals surface area contributed by atoms with Crippen molar-refractivity contribution in [1.82, 2.24) is 24.9 Å². The predicted octanol–water partition coefficient (Wildman–Crippen LogP) is 4.57. The molecule has 0 radical (unpaired) electrons. The van der Waals surface area contributed by atoms with E-state index in [0.29, 0.717) is 11.6 Å². The van der Waals surface area contributed by atoms with Gasteiger partial charge in [0.2, 0.25) is 5.89 Å². The van der Waals surface area contributed by atoms with Crippen molar-refractivity contribution >= 4 is 11.8 Å². The Morgan fingerprint density at radius 2 is 1.83 bits per heavy atom. The lowest BCUT2D eigenvalue weighted by Gasteiger charge is -2.10. The highest BCUT2D eigenvalue weighted by molar-refractivity contribution is 7.98. The van der Waals surface area contributed by atoms with Crippen molar-refractivity contribution in [1.29, 1.82) is 0 Å². The van der Waals surface area contributed by atoms with Gasteiger partial charge in [-0.1, -0.05) is 42.0 Å². The number of aromatic nitrogens is 5. The Balaban J connectivity index is 1.65. The molecule has 4 aromatic rings. The fourth-order valence-electron chi connectivity index (χ4n) is 2.90. The van der Waals surface area contributed by atoms with E-state index in [1.54, 1.807) is 7.11 Å². The molecule has 7 nitrogen and oxygen atoms in total. The fraction of sp³-hybridized carbons (Fsp3) is 0.238. The van der Waals surface area contributed by atoms with Gasteiger partial charge in [0.05, 0.1) is 12.9 Å². The molecule has 0 saturated carbocycles. The Labute approximate surface area is 173 Å². The standard InChI is InChI=1S/C21H21N5O2S/c1-3-7-18-22-19(28-25-18)14-29-21-24-23-20(15-10-12-17(27-2)13-11-15)26(21)16-8-5-4-6-9-16/h4-6,8-13H,3,7,14H2,1-2H3. The monoisotopic (exact) mass is 407 g/mol. The Morgan fingerprint density at radius 1 is 1.03 bits per heavy atom. The summed E-state index contributed by atoms with van der Waals surface area (Å²) in [6, 6.07) is 17.8. The summed E-state index contributed by atoms with van der Waals surface area (Å²) < 4.78 is 12.6. The summed E-state index contributed by atoms with van der Waals surface area (Å²) in [7, 11) is 1.65. The summed E-state index contributed by atoms with van der Waals surface area (Å²) >= 11 is 1.52. The average molecular weight is 407 g/mol. The van der Waals surface area contributed by atoms with Gasteiger partial charge in [0.1, 0.15) is 5.75 Å². The second kappa shape index (κ2) is 8.91. The quantitative estimate of drug-likeness (QED) is 0.396. The van der Waals surface area contributed by atoms with Crippen LogP contribution in [-0.4, -0.2) is 32.0 Å². The molecule has 0 N–H and O–H groups in total. The fourth-order valence-corrected chi connectivity index (χ4v) is 3.69. The van der Waals surface area contributed by atoms with Crippen molar-refractivity contribution in [3.05, 3.63) is 66.3 Å². The van der Waals surface area contributed by atoms with Crippen LogP contribution in [-0.2, 0) is 12.2 Å². The molecule has 0 aliphatic rings. The van der Waals surface area contributed by atoms with Crippen molar-refractivity contribution < 1.29 is 9.26 Å². The van der Waals surface area contributed by atoms with E-state index in [0.717, 1.165) is 46.6 Å². The van der Waals surface area contributed by atoms with Gasteiger partial charge < -0.3 is 9.26 Å². The number of aryl methyl sites for hydroxylation is 1. The molecule has 0 atom stereocenters. The molecule has 0 aliphatic carbocycles. The van der Waals surface area contributed by atoms with Gasteiger partial charge >= 0.3 is 0 Å². The second-order valence-corrected chi connectivity index (χ2v) is 7.29. The first kappa shape index (κ1) is 19.2. The molecule has 8 heteroatoms. The number of nitrogens with zero attached hydrogens (tertiary/aromatic N) is 5. The number of hydrogen-bond donors (Lipinski definition) is 0. The van der Waals surface area contributed by atoms with Crippen LogP contribution >= 0.6 is 11.8 Å². The first-order valence-electron chi connectivity index (χ1n) is 9.38. The smallest absolute Gasteiger partial charge is 0.237 e. The average Bonchev–Trinajstić information content (AvgIpc) is 3.40. The lowest BCUT2D eigenvalue weighted by Crippen LogP contribution is -1.99. The van der Waals surface area contributed by atoms with E-state index in [2.05, 4.69) is 27.3 Å². The van der Waals surface area contributed by atoms with E-state index >= 15 is 0 Å². The summed E-state index contributed by atoms with van der Waals surface area (Å²) in [4.78, 5) is 4.43. The molecule has 0 aliphatic heterocycles. The third kappa shape index (κ3) is 4.32. The van der Waals surface area contributed by atoms with Gasteiger partial charge in [-0.3, -0.25) is 4.57 Å². The summed E-state index contributed by atoms with van der Waals surface area (Å²) in [5.74, 6) is 3.43. The summed E-state index contributed by atoms with van der Waals surface area (Å²) in [5, 5.41) is 13.6. The highest BCUT2D eigenvalue weighted by Crippen LogP contribution is 2.30. The maximum Gasteiger partial charge on any atom is 0.237 e. The SMILES string of the molecule is CCCc1noc(CSc2nnc(-c3ccc(OC)cc3)n2-c2ccccc2)n1. The number of hydrogen-bond acceptors (Lipinski definition) is 7. The molecule has 2 aromatic heterocycles. The van der Waals surface area contributed by atoms with Crippen LogP contribution in [0, 0.1) is 0 Å². The normalized spacial score (nSPS) is 11.0. The Kier molecular flexibility index (Phi) is 5.90. The molecular weight excluding hydrogens is 386 g/mol. The largest absolute Gasteiger partial charge is 0.497 e. The molecule has 0 unspecified atom stereocenters. The minimum atomic E-state index is 0.532. The Hall–Kier alpha value is -3.13. The van der Waals surface area contributed by atoms with E-state index in [4.69, 9.17) is 9.26 Å². The van der Waals surface area contributed by atoms with Crippen LogP contribution in [0.15, 0.2) is 64.3 Å². The Bertz CT molecular complexity index is 1060. The molecule has 0 amide bonds. The number of thioether (sulfide) groups is 1. The van der Waals surface area contributed by atoms with Crippen molar-refractivity contribution in [2.24, 2.45) is 0 Å². The number of rotatable bonds is 8. The van der Waals surface area contributed by atoms with Crippen LogP contribution in [0.5, 0.6) is 5.75 Å². The third-order valence-electron chi connectivity index (χ3n) is 4.30. The zero-order valence-corrected chi connectivity index (χ0v) is 17.1. The molecule has 0 spiro atoms. The highest BCUT2D eigenvalue weighted by Gasteiger charge is 2.17. The minimum Gasteiger partial charge on any atom is -0.497 e. The van der Waals surface area contributed by atoms with Gasteiger partial charge in [-0.2, -0.15) is 4.98 Å². The molecular formula is C21H21N5O2S. The van der Waals surface area contributed by atoms with Crippen molar-refractivity contribution in [3.63, 3.8) is 0 Å². The van der Waals surface area contributed by atoms with Gasteiger partial charge in [-0.15, -0.1) is 10.2 Å². The number of para-hydroxylation sites is 1. The van der Waals surface area contributed by atoms with Crippen LogP contribution in [0.1, 0.15) is 25.1 Å². The van der Waals surface area contributed by atoms with E-state index in [1.807, 2.05) is 59.2 Å². The van der Waals surface area contributed by atoms with Crippen LogP contribution in [0.2, 0.25) is 0 Å². The Morgan fingerprint density at radius 3 is 2.55 bits per heavy atom. The van der Waals surface area contributed by atoms with E-state index < -0.39 is 0 Å². The van der Waals surface area contributed by atoms with Crippen LogP contribution in [0.3, 0.4) is 0 Å². The lowest BCUT2D eigenvalue weighted by molar-refractivity contribution is 0.384. The van der Waals surface area contributed by atoms with Crippen molar-refractivity contribution in [3.8, 4) is 22.8 Å². The number of benzene rings is 2. The van der Waals surface area contributed by atoms with Gasteiger partial charge in [0.25, 0.3) is 0 Å². The predicted molar refractivity (Wildman–Crippen MR) is 111 cm³/mol. The lowest BCUT2D eigenvalue weighted by atomic mass is 10.2. The van der Waals surface area contributed by atoms with Crippen LogP contribution < -0.4 is 4.74 Å². The minimum absolute atomic E-state index is 0.532. The maximum atomic E-state index is 5.35. The molecule has 148 valence electrons. The molecule has 2 aromatic carbocycles. The van der Waals surface area contributed by atoms with Crippen LogP contribution in [0.25, 0.3) is 17.1 Å². The third-order valence-corrected chi connectivity index (χ3v) is 5.22. The summed E-state index contributed by atoms with van der Waals surface area (Å²) in [5.41, 5.74) is 1.94. The molecule has 29 heavy (non-hydrogen) atoms. The molecule has 2 heterocycles. The molecule has 0 fully saturated rings. The first-order valence-corrected chi connectivity index (χ1v) is 10.4. The van der Waals surface area contributed by atoms with E-state index in [-0.39, 0.29) is 0 Å². The van der Waals surface area contributed by atoms with Gasteiger partial charge in [0, 0.05) is 17.7 Å². The van der Waals surface area contributed by atoms with Crippen LogP contribution in [0.4, 0.5) is 0 Å². The van der Waals surface area contributed by atoms with Gasteiger partial charge in [-0.05, 0) is 42.8 Å². The zero-order valence-electron chi connectivity index (χ0n) is 16.3. The van der Waals surface area contributed by atoms with E-state index in [1.165, 1.54) is 11.8 Å².